The number of carbonyl (C=O) groups excluding carboxylic acids is 1. The van der Waals surface area contributed by atoms with Crippen molar-refractivity contribution in [1.82, 2.24) is 10.1 Å². The number of esters is 1. The second kappa shape index (κ2) is 9.50. The van der Waals surface area contributed by atoms with Crippen LogP contribution in [0.3, 0.4) is 0 Å². The van der Waals surface area contributed by atoms with Gasteiger partial charge >= 0.3 is 24.0 Å². The van der Waals surface area contributed by atoms with Crippen molar-refractivity contribution in [1.29, 1.82) is 0 Å². The molecule has 1 aromatic heterocycles. The van der Waals surface area contributed by atoms with Gasteiger partial charge < -0.3 is 13.8 Å². The van der Waals surface area contributed by atoms with Gasteiger partial charge in [0.15, 0.2) is 5.82 Å². The van der Waals surface area contributed by atoms with Gasteiger partial charge in [-0.25, -0.2) is 0 Å². The molecular weight excluding hydrogens is 474 g/mol. The zero-order valence-corrected chi connectivity index (χ0v) is 19.5. The predicted octanol–water partition coefficient (Wildman–Crippen LogP) is 5.43. The number of aromatic nitrogens is 2. The Morgan fingerprint density at radius 1 is 1.09 bits per heavy atom. The monoisotopic (exact) mass is 498 g/mol. The second-order valence-electron chi connectivity index (χ2n) is 8.25. The molecule has 2 unspecified atom stereocenters. The molecule has 7 nitrogen and oxygen atoms in total. The van der Waals surface area contributed by atoms with Gasteiger partial charge in [0.05, 0.1) is 12.2 Å². The van der Waals surface area contributed by atoms with Crippen molar-refractivity contribution in [3.8, 4) is 0 Å². The third-order valence-electron chi connectivity index (χ3n) is 4.32. The molecule has 33 heavy (non-hydrogen) atoms. The molecular formula is C20H24F5N2O5P. The summed E-state index contributed by atoms with van der Waals surface area (Å²) in [5.74, 6) is -6.36. The van der Waals surface area contributed by atoms with Gasteiger partial charge in [-0.05, 0) is 39.8 Å². The van der Waals surface area contributed by atoms with E-state index in [9.17, 15) is 31.3 Å². The third-order valence-corrected chi connectivity index (χ3v) is 6.61. The van der Waals surface area contributed by atoms with Crippen molar-refractivity contribution >= 4 is 13.3 Å². The first-order valence-electron chi connectivity index (χ1n) is 9.80. The van der Waals surface area contributed by atoms with Crippen molar-refractivity contribution in [3.63, 3.8) is 0 Å². The Kier molecular flexibility index (Phi) is 7.75. The lowest BCUT2D eigenvalue weighted by atomic mass is 10.1. The van der Waals surface area contributed by atoms with E-state index in [2.05, 4.69) is 14.7 Å². The molecule has 2 aromatic rings. The SMILES string of the molecule is CCOP(C)(=O)C(Cc1noc(C(F)(F)c2ccc(C(F)(F)F)cc2)n1)C(=O)OC(C)(C)C. The van der Waals surface area contributed by atoms with Crippen molar-refractivity contribution < 1.29 is 45.1 Å². The molecule has 0 spiro atoms. The number of hydrogen-bond acceptors (Lipinski definition) is 7. The van der Waals surface area contributed by atoms with Crippen LogP contribution in [0.5, 0.6) is 0 Å². The van der Waals surface area contributed by atoms with E-state index in [0.717, 1.165) is 0 Å². The van der Waals surface area contributed by atoms with Gasteiger partial charge in [-0.1, -0.05) is 17.3 Å². The van der Waals surface area contributed by atoms with E-state index in [4.69, 9.17) is 9.26 Å². The Morgan fingerprint density at radius 3 is 2.12 bits per heavy atom. The van der Waals surface area contributed by atoms with E-state index in [1.54, 1.807) is 27.7 Å². The zero-order valence-electron chi connectivity index (χ0n) is 18.6. The van der Waals surface area contributed by atoms with Crippen LogP contribution in [0.1, 0.15) is 50.5 Å². The van der Waals surface area contributed by atoms with E-state index < -0.39 is 60.1 Å². The van der Waals surface area contributed by atoms with Crippen molar-refractivity contribution in [2.24, 2.45) is 0 Å². The molecule has 2 atom stereocenters. The zero-order chi connectivity index (χ0) is 25.2. The third kappa shape index (κ3) is 6.83. The second-order valence-corrected chi connectivity index (χ2v) is 10.9. The molecule has 0 amide bonds. The van der Waals surface area contributed by atoms with Crippen LogP contribution in [0.2, 0.25) is 0 Å². The Bertz CT molecular complexity index is 1020. The highest BCUT2D eigenvalue weighted by Crippen LogP contribution is 2.50. The molecule has 0 bridgehead atoms. The van der Waals surface area contributed by atoms with E-state index in [-0.39, 0.29) is 12.4 Å². The average Bonchev–Trinajstić information content (AvgIpc) is 3.13. The summed E-state index contributed by atoms with van der Waals surface area (Å²) in [6.07, 6.45) is -5.16. The summed E-state index contributed by atoms with van der Waals surface area (Å²) in [6, 6.07) is 2.22. The number of alkyl halides is 5. The predicted molar refractivity (Wildman–Crippen MR) is 107 cm³/mol. The lowest BCUT2D eigenvalue weighted by Gasteiger charge is -2.26. The minimum absolute atomic E-state index is 0.0244. The summed E-state index contributed by atoms with van der Waals surface area (Å²) >= 11 is 0. The highest BCUT2D eigenvalue weighted by molar-refractivity contribution is 7.60. The van der Waals surface area contributed by atoms with Gasteiger partial charge in [0.2, 0.25) is 7.37 Å². The van der Waals surface area contributed by atoms with E-state index >= 15 is 0 Å². The number of nitrogens with zero attached hydrogens (tertiary/aromatic N) is 2. The molecule has 13 heteroatoms. The lowest BCUT2D eigenvalue weighted by molar-refractivity contribution is -0.154. The van der Waals surface area contributed by atoms with Crippen LogP contribution in [0.4, 0.5) is 22.0 Å². The molecule has 1 heterocycles. The fraction of sp³-hybridized carbons (Fsp3) is 0.550. The molecule has 0 aliphatic rings. The van der Waals surface area contributed by atoms with E-state index in [0.29, 0.717) is 24.3 Å². The first kappa shape index (κ1) is 26.9. The fourth-order valence-electron chi connectivity index (χ4n) is 2.79. The summed E-state index contributed by atoms with van der Waals surface area (Å²) in [5, 5.41) is 3.43. The van der Waals surface area contributed by atoms with Crippen molar-refractivity contribution in [3.05, 3.63) is 47.1 Å². The quantitative estimate of drug-likeness (QED) is 0.272. The normalized spacial score (nSPS) is 15.7. The standard InChI is InChI=1S/C20H24F5N2O5P/c1-6-30-33(5,29)14(16(28)31-18(2,3)4)11-15-26-17(32-27-15)19(21,22)12-7-9-13(10-8-12)20(23,24)25/h7-10,14H,6,11H2,1-5H3. The number of hydrogen-bond donors (Lipinski definition) is 0. The Labute approximate surface area is 187 Å². The molecule has 0 N–H and O–H groups in total. The van der Waals surface area contributed by atoms with Crippen LogP contribution in [0.25, 0.3) is 0 Å². The summed E-state index contributed by atoms with van der Waals surface area (Å²) in [7, 11) is -3.61. The maximum atomic E-state index is 14.8. The largest absolute Gasteiger partial charge is 0.459 e. The summed E-state index contributed by atoms with van der Waals surface area (Å²) in [6.45, 7) is 7.60. The number of rotatable bonds is 8. The van der Waals surface area contributed by atoms with Crippen molar-refractivity contribution in [2.45, 2.75) is 57.5 Å². The molecule has 0 radical (unpaired) electrons. The Balaban J connectivity index is 2.32. The first-order valence-corrected chi connectivity index (χ1v) is 11.9. The molecule has 0 aliphatic carbocycles. The summed E-state index contributed by atoms with van der Waals surface area (Å²) in [5.41, 5.74) is -4.20. The summed E-state index contributed by atoms with van der Waals surface area (Å²) in [4.78, 5) is 16.2. The molecule has 0 fully saturated rings. The van der Waals surface area contributed by atoms with Crippen LogP contribution in [-0.2, 0) is 37.1 Å². The molecule has 1 aromatic carbocycles. The van der Waals surface area contributed by atoms with Crippen LogP contribution in [0, 0.1) is 0 Å². The van der Waals surface area contributed by atoms with Gasteiger partial charge in [0.25, 0.3) is 0 Å². The first-order chi connectivity index (χ1) is 15.0. The van der Waals surface area contributed by atoms with Gasteiger partial charge in [-0.2, -0.15) is 26.9 Å². The number of halogens is 5. The van der Waals surface area contributed by atoms with Gasteiger partial charge in [-0.3, -0.25) is 9.36 Å². The Morgan fingerprint density at radius 2 is 1.64 bits per heavy atom. The summed E-state index contributed by atoms with van der Waals surface area (Å²) < 4.78 is 95.6. The molecule has 2 rings (SSSR count). The van der Waals surface area contributed by atoms with Gasteiger partial charge in [0, 0.05) is 18.6 Å². The van der Waals surface area contributed by atoms with E-state index in [1.165, 1.54) is 6.66 Å². The molecule has 0 saturated heterocycles. The van der Waals surface area contributed by atoms with E-state index in [1.807, 2.05) is 0 Å². The number of carbonyl (C=O) groups is 1. The van der Waals surface area contributed by atoms with Crippen LogP contribution >= 0.6 is 7.37 Å². The van der Waals surface area contributed by atoms with Crippen molar-refractivity contribution in [2.75, 3.05) is 13.3 Å². The maximum Gasteiger partial charge on any atom is 0.416 e. The topological polar surface area (TPSA) is 91.5 Å². The highest BCUT2D eigenvalue weighted by atomic mass is 31.2. The lowest BCUT2D eigenvalue weighted by Crippen LogP contribution is -2.33. The van der Waals surface area contributed by atoms with Gasteiger partial charge in [0.1, 0.15) is 11.3 Å². The smallest absolute Gasteiger partial charge is 0.416 e. The van der Waals surface area contributed by atoms with Crippen LogP contribution < -0.4 is 0 Å². The minimum Gasteiger partial charge on any atom is -0.459 e. The molecule has 184 valence electrons. The highest BCUT2D eigenvalue weighted by Gasteiger charge is 2.44. The molecule has 0 aliphatic heterocycles. The van der Waals surface area contributed by atoms with Crippen LogP contribution in [-0.4, -0.2) is 40.6 Å². The van der Waals surface area contributed by atoms with Crippen LogP contribution in [0.15, 0.2) is 28.8 Å². The van der Waals surface area contributed by atoms with Gasteiger partial charge in [-0.15, -0.1) is 0 Å². The minimum atomic E-state index is -4.68. The molecule has 0 saturated carbocycles. The maximum absolute atomic E-state index is 14.8. The number of ether oxygens (including phenoxy) is 1. The average molecular weight is 498 g/mol. The fourth-order valence-corrected chi connectivity index (χ4v) is 4.41. The Hall–Kier alpha value is -2.33. The number of benzene rings is 1.